The molecule has 0 amide bonds. The first-order valence-electron chi connectivity index (χ1n) is 4.96. The van der Waals surface area contributed by atoms with Gasteiger partial charge in [-0.25, -0.2) is 4.79 Å². The summed E-state index contributed by atoms with van der Waals surface area (Å²) in [5, 5.41) is 8.95. The van der Waals surface area contributed by atoms with E-state index in [2.05, 4.69) is 4.98 Å². The van der Waals surface area contributed by atoms with Gasteiger partial charge in [-0.05, 0) is 30.2 Å². The van der Waals surface area contributed by atoms with Crippen molar-refractivity contribution in [1.29, 1.82) is 0 Å². The summed E-state index contributed by atoms with van der Waals surface area (Å²) in [6, 6.07) is 5.32. The van der Waals surface area contributed by atoms with E-state index in [1.54, 1.807) is 35.3 Å². The third kappa shape index (κ3) is 2.11. The standard InChI is InChI=1S/C12H12N2O2/c1-9-5-10(7-13-6-9)8-14-4-2-3-11(14)12(15)16/h2-7H,8H2,1H3,(H,15,16). The molecule has 16 heavy (non-hydrogen) atoms. The predicted octanol–water partition coefficient (Wildman–Crippen LogP) is 1.94. The zero-order valence-corrected chi connectivity index (χ0v) is 8.92. The molecule has 2 heterocycles. The maximum absolute atomic E-state index is 10.9. The van der Waals surface area contributed by atoms with Gasteiger partial charge in [0.1, 0.15) is 5.69 Å². The maximum Gasteiger partial charge on any atom is 0.352 e. The summed E-state index contributed by atoms with van der Waals surface area (Å²) in [4.78, 5) is 15.0. The number of carboxylic acids is 1. The van der Waals surface area contributed by atoms with Crippen molar-refractivity contribution in [2.45, 2.75) is 13.5 Å². The van der Waals surface area contributed by atoms with Gasteiger partial charge < -0.3 is 9.67 Å². The number of aromatic nitrogens is 2. The van der Waals surface area contributed by atoms with Gasteiger partial charge in [-0.3, -0.25) is 4.98 Å². The summed E-state index contributed by atoms with van der Waals surface area (Å²) in [7, 11) is 0. The second-order valence-corrected chi connectivity index (χ2v) is 3.70. The highest BCUT2D eigenvalue weighted by molar-refractivity contribution is 5.85. The Hall–Kier alpha value is -2.10. The lowest BCUT2D eigenvalue weighted by molar-refractivity contribution is 0.0685. The fourth-order valence-corrected chi connectivity index (χ4v) is 1.65. The van der Waals surface area contributed by atoms with Gasteiger partial charge in [-0.2, -0.15) is 0 Å². The molecule has 4 nitrogen and oxygen atoms in total. The number of carbonyl (C=O) groups is 1. The van der Waals surface area contributed by atoms with E-state index in [0.29, 0.717) is 12.2 Å². The van der Waals surface area contributed by atoms with Gasteiger partial charge in [0.15, 0.2) is 0 Å². The minimum atomic E-state index is -0.911. The van der Waals surface area contributed by atoms with Gasteiger partial charge in [-0.15, -0.1) is 0 Å². The fraction of sp³-hybridized carbons (Fsp3) is 0.167. The molecular weight excluding hydrogens is 204 g/mol. The Labute approximate surface area is 93.2 Å². The highest BCUT2D eigenvalue weighted by Crippen LogP contribution is 2.08. The summed E-state index contributed by atoms with van der Waals surface area (Å²) in [6.45, 7) is 2.49. The van der Waals surface area contributed by atoms with Crippen LogP contribution < -0.4 is 0 Å². The molecule has 1 N–H and O–H groups in total. The Morgan fingerprint density at radius 2 is 2.31 bits per heavy atom. The van der Waals surface area contributed by atoms with E-state index in [-0.39, 0.29) is 0 Å². The monoisotopic (exact) mass is 216 g/mol. The summed E-state index contributed by atoms with van der Waals surface area (Å²) in [6.07, 6.45) is 5.28. The number of rotatable bonds is 3. The Bertz CT molecular complexity index is 517. The van der Waals surface area contributed by atoms with E-state index in [0.717, 1.165) is 11.1 Å². The average molecular weight is 216 g/mol. The molecule has 0 bridgehead atoms. The molecule has 2 aromatic heterocycles. The molecule has 0 saturated heterocycles. The van der Waals surface area contributed by atoms with Crippen LogP contribution >= 0.6 is 0 Å². The molecule has 82 valence electrons. The van der Waals surface area contributed by atoms with Crippen LogP contribution in [0.1, 0.15) is 21.6 Å². The van der Waals surface area contributed by atoms with Gasteiger partial charge >= 0.3 is 5.97 Å². The van der Waals surface area contributed by atoms with Crippen LogP contribution in [0.4, 0.5) is 0 Å². The van der Waals surface area contributed by atoms with Crippen LogP contribution in [0.5, 0.6) is 0 Å². The quantitative estimate of drug-likeness (QED) is 0.853. The SMILES string of the molecule is Cc1cncc(Cn2cccc2C(=O)O)c1. The molecular formula is C12H12N2O2. The molecule has 0 spiro atoms. The molecule has 0 atom stereocenters. The van der Waals surface area contributed by atoms with Crippen LogP contribution in [-0.2, 0) is 6.54 Å². The molecule has 0 aliphatic carbocycles. The number of hydrogen-bond donors (Lipinski definition) is 1. The molecule has 0 saturated carbocycles. The van der Waals surface area contributed by atoms with Crippen molar-refractivity contribution in [1.82, 2.24) is 9.55 Å². The Morgan fingerprint density at radius 3 is 3.00 bits per heavy atom. The van der Waals surface area contributed by atoms with Crippen molar-refractivity contribution in [3.63, 3.8) is 0 Å². The normalized spacial score (nSPS) is 10.3. The van der Waals surface area contributed by atoms with Crippen LogP contribution in [0.2, 0.25) is 0 Å². The van der Waals surface area contributed by atoms with Gasteiger partial charge in [0.25, 0.3) is 0 Å². The van der Waals surface area contributed by atoms with Crippen molar-refractivity contribution in [2.75, 3.05) is 0 Å². The lowest BCUT2D eigenvalue weighted by Crippen LogP contribution is -2.08. The van der Waals surface area contributed by atoms with Crippen LogP contribution in [-0.4, -0.2) is 20.6 Å². The molecule has 2 aromatic rings. The molecule has 4 heteroatoms. The van der Waals surface area contributed by atoms with Crippen LogP contribution in [0, 0.1) is 6.92 Å². The molecule has 0 unspecified atom stereocenters. The highest BCUT2D eigenvalue weighted by atomic mass is 16.4. The topological polar surface area (TPSA) is 55.1 Å². The molecule has 0 radical (unpaired) electrons. The Balaban J connectivity index is 2.27. The molecule has 0 aliphatic heterocycles. The second kappa shape index (κ2) is 4.18. The van der Waals surface area contributed by atoms with Crippen LogP contribution in [0.25, 0.3) is 0 Å². The molecule has 0 fully saturated rings. The van der Waals surface area contributed by atoms with E-state index < -0.39 is 5.97 Å². The maximum atomic E-state index is 10.9. The van der Waals surface area contributed by atoms with Gasteiger partial charge in [0, 0.05) is 25.1 Å². The van der Waals surface area contributed by atoms with Crippen LogP contribution in [0.15, 0.2) is 36.8 Å². The number of hydrogen-bond acceptors (Lipinski definition) is 2. The molecule has 2 rings (SSSR count). The van der Waals surface area contributed by atoms with Gasteiger partial charge in [0.2, 0.25) is 0 Å². The number of aryl methyl sites for hydroxylation is 1. The van der Waals surface area contributed by atoms with E-state index >= 15 is 0 Å². The number of pyridine rings is 1. The fourth-order valence-electron chi connectivity index (χ4n) is 1.65. The number of nitrogens with zero attached hydrogens (tertiary/aromatic N) is 2. The minimum absolute atomic E-state index is 0.293. The van der Waals surface area contributed by atoms with E-state index in [1.165, 1.54) is 0 Å². The largest absolute Gasteiger partial charge is 0.477 e. The first kappa shape index (κ1) is 10.4. The van der Waals surface area contributed by atoms with E-state index in [4.69, 9.17) is 5.11 Å². The van der Waals surface area contributed by atoms with E-state index in [9.17, 15) is 4.79 Å². The third-order valence-corrected chi connectivity index (χ3v) is 2.33. The van der Waals surface area contributed by atoms with Gasteiger partial charge in [-0.1, -0.05) is 6.07 Å². The lowest BCUT2D eigenvalue weighted by atomic mass is 10.2. The first-order chi connectivity index (χ1) is 7.66. The lowest BCUT2D eigenvalue weighted by Gasteiger charge is -2.06. The second-order valence-electron chi connectivity index (χ2n) is 3.70. The predicted molar refractivity (Wildman–Crippen MR) is 59.5 cm³/mol. The van der Waals surface area contributed by atoms with Crippen molar-refractivity contribution >= 4 is 5.97 Å². The van der Waals surface area contributed by atoms with Crippen molar-refractivity contribution in [2.24, 2.45) is 0 Å². The first-order valence-corrected chi connectivity index (χ1v) is 4.96. The molecule has 0 aromatic carbocycles. The van der Waals surface area contributed by atoms with Crippen molar-refractivity contribution in [3.05, 3.63) is 53.6 Å². The van der Waals surface area contributed by atoms with Gasteiger partial charge in [0.05, 0.1) is 0 Å². The van der Waals surface area contributed by atoms with E-state index in [1.807, 2.05) is 13.0 Å². The zero-order chi connectivity index (χ0) is 11.5. The third-order valence-electron chi connectivity index (χ3n) is 2.33. The number of aromatic carboxylic acids is 1. The summed E-state index contributed by atoms with van der Waals surface area (Å²) in [5.74, 6) is -0.911. The Morgan fingerprint density at radius 1 is 1.50 bits per heavy atom. The Kier molecular flexibility index (Phi) is 2.72. The average Bonchev–Trinajstić information content (AvgIpc) is 2.66. The zero-order valence-electron chi connectivity index (χ0n) is 8.92. The summed E-state index contributed by atoms with van der Waals surface area (Å²) in [5.41, 5.74) is 2.36. The van der Waals surface area contributed by atoms with Crippen molar-refractivity contribution < 1.29 is 9.90 Å². The van der Waals surface area contributed by atoms with Crippen LogP contribution in [0.3, 0.4) is 0 Å². The highest BCUT2D eigenvalue weighted by Gasteiger charge is 2.08. The smallest absolute Gasteiger partial charge is 0.352 e. The summed E-state index contributed by atoms with van der Waals surface area (Å²) < 4.78 is 1.69. The summed E-state index contributed by atoms with van der Waals surface area (Å²) >= 11 is 0. The number of carboxylic acid groups (broad SMARTS) is 1. The molecule has 0 aliphatic rings. The minimum Gasteiger partial charge on any atom is -0.477 e. The van der Waals surface area contributed by atoms with Crippen molar-refractivity contribution in [3.8, 4) is 0 Å².